The van der Waals surface area contributed by atoms with Crippen molar-refractivity contribution in [2.75, 3.05) is 11.6 Å². The first-order chi connectivity index (χ1) is 7.71. The third kappa shape index (κ3) is 3.42. The van der Waals surface area contributed by atoms with Crippen LogP contribution in [-0.2, 0) is 0 Å². The maximum Gasteiger partial charge on any atom is 0.138 e. The summed E-state index contributed by atoms with van der Waals surface area (Å²) in [6.07, 6.45) is 7.26. The van der Waals surface area contributed by atoms with Gasteiger partial charge in [-0.25, -0.2) is 4.98 Å². The molecule has 1 aromatic rings. The number of aromatic nitrogens is 1. The van der Waals surface area contributed by atoms with Crippen molar-refractivity contribution in [1.82, 2.24) is 4.98 Å². The molecule has 0 spiro atoms. The molecule has 86 valence electrons. The molecule has 0 amide bonds. The predicted molar refractivity (Wildman–Crippen MR) is 74.7 cm³/mol. The van der Waals surface area contributed by atoms with Gasteiger partial charge in [-0.3, -0.25) is 0 Å². The molecule has 0 atom stereocenters. The Morgan fingerprint density at radius 3 is 2.88 bits per heavy atom. The number of nitrogens with one attached hydrogen (secondary N) is 1. The van der Waals surface area contributed by atoms with Crippen LogP contribution in [-0.4, -0.2) is 11.2 Å². The van der Waals surface area contributed by atoms with Crippen LogP contribution in [0.5, 0.6) is 0 Å². The zero-order valence-corrected chi connectivity index (χ0v) is 10.9. The first kappa shape index (κ1) is 12.8. The van der Waals surface area contributed by atoms with Crippen molar-refractivity contribution in [3.05, 3.63) is 33.8 Å². The Morgan fingerprint density at radius 1 is 1.56 bits per heavy atom. The average Bonchev–Trinajstić information content (AvgIpc) is 2.29. The fraction of sp³-hybridized carbons (Fsp3) is 0.308. The molecule has 0 unspecified atom stereocenters. The van der Waals surface area contributed by atoms with E-state index in [0.29, 0.717) is 0 Å². The second-order valence-corrected chi connectivity index (χ2v) is 4.18. The maximum atomic E-state index is 4.41. The SMILES string of the molecule is C=c1cc/c(=C/C)c(N/C(=C/CC)SC)n1. The lowest BCUT2D eigenvalue weighted by Gasteiger charge is -2.08. The summed E-state index contributed by atoms with van der Waals surface area (Å²) >= 11 is 1.69. The number of allylic oxidation sites excluding steroid dienone is 1. The van der Waals surface area contributed by atoms with E-state index in [0.717, 1.165) is 27.8 Å². The molecule has 2 nitrogen and oxygen atoms in total. The molecule has 1 N–H and O–H groups in total. The Hall–Kier alpha value is -1.22. The van der Waals surface area contributed by atoms with E-state index >= 15 is 0 Å². The van der Waals surface area contributed by atoms with Gasteiger partial charge in [-0.15, -0.1) is 11.8 Å². The van der Waals surface area contributed by atoms with Gasteiger partial charge in [0.15, 0.2) is 0 Å². The van der Waals surface area contributed by atoms with E-state index in [2.05, 4.69) is 36.1 Å². The van der Waals surface area contributed by atoms with E-state index in [1.165, 1.54) is 0 Å². The van der Waals surface area contributed by atoms with Crippen molar-refractivity contribution in [1.29, 1.82) is 0 Å². The summed E-state index contributed by atoms with van der Waals surface area (Å²) in [7, 11) is 0. The van der Waals surface area contributed by atoms with Crippen LogP contribution in [0, 0.1) is 0 Å². The summed E-state index contributed by atoms with van der Waals surface area (Å²) in [5, 5.41) is 6.34. The molecule has 0 saturated heterocycles. The zero-order valence-electron chi connectivity index (χ0n) is 10.1. The minimum Gasteiger partial charge on any atom is -0.335 e. The Bertz CT molecular complexity index is 477. The van der Waals surface area contributed by atoms with Gasteiger partial charge in [-0.2, -0.15) is 0 Å². The maximum absolute atomic E-state index is 4.41. The number of anilines is 1. The van der Waals surface area contributed by atoms with E-state index in [4.69, 9.17) is 0 Å². The number of nitrogens with zero attached hydrogens (tertiary/aromatic N) is 1. The molecule has 1 rings (SSSR count). The summed E-state index contributed by atoms with van der Waals surface area (Å²) in [4.78, 5) is 4.41. The summed E-state index contributed by atoms with van der Waals surface area (Å²) in [6, 6.07) is 3.95. The monoisotopic (exact) mass is 234 g/mol. The highest BCUT2D eigenvalue weighted by Gasteiger charge is 1.98. The fourth-order valence-corrected chi connectivity index (χ4v) is 1.86. The number of hydrogen-bond donors (Lipinski definition) is 1. The minimum atomic E-state index is 0.782. The van der Waals surface area contributed by atoms with Crippen molar-refractivity contribution in [3.63, 3.8) is 0 Å². The molecular formula is C13H18N2S. The molecular weight excluding hydrogens is 216 g/mol. The van der Waals surface area contributed by atoms with Crippen molar-refractivity contribution < 1.29 is 0 Å². The normalized spacial score (nSPS) is 12.9. The van der Waals surface area contributed by atoms with Crippen LogP contribution in [0.4, 0.5) is 5.82 Å². The molecule has 3 heteroatoms. The van der Waals surface area contributed by atoms with E-state index in [9.17, 15) is 0 Å². The molecule has 0 radical (unpaired) electrons. The third-order valence-electron chi connectivity index (χ3n) is 2.15. The highest BCUT2D eigenvalue weighted by Crippen LogP contribution is 2.12. The Morgan fingerprint density at radius 2 is 2.31 bits per heavy atom. The number of pyridine rings is 1. The highest BCUT2D eigenvalue weighted by molar-refractivity contribution is 8.02. The van der Waals surface area contributed by atoms with Crippen molar-refractivity contribution in [3.8, 4) is 0 Å². The summed E-state index contributed by atoms with van der Waals surface area (Å²) in [6.45, 7) is 7.97. The van der Waals surface area contributed by atoms with Gasteiger partial charge in [0.2, 0.25) is 0 Å². The van der Waals surface area contributed by atoms with Crippen LogP contribution < -0.4 is 15.9 Å². The van der Waals surface area contributed by atoms with Gasteiger partial charge in [-0.1, -0.05) is 25.7 Å². The van der Waals surface area contributed by atoms with E-state index in [1.807, 2.05) is 25.1 Å². The quantitative estimate of drug-likeness (QED) is 0.865. The third-order valence-corrected chi connectivity index (χ3v) is 2.85. The molecule has 16 heavy (non-hydrogen) atoms. The van der Waals surface area contributed by atoms with Crippen LogP contribution in [0.2, 0.25) is 0 Å². The lowest BCUT2D eigenvalue weighted by molar-refractivity contribution is 1.19. The van der Waals surface area contributed by atoms with Gasteiger partial charge >= 0.3 is 0 Å². The Balaban J connectivity index is 3.09. The van der Waals surface area contributed by atoms with Crippen LogP contribution in [0.15, 0.2) is 23.2 Å². The van der Waals surface area contributed by atoms with Gasteiger partial charge in [-0.05, 0) is 31.7 Å². The summed E-state index contributed by atoms with van der Waals surface area (Å²) in [5.41, 5.74) is 0. The molecule has 0 aliphatic carbocycles. The molecule has 1 aromatic heterocycles. The van der Waals surface area contributed by atoms with Gasteiger partial charge in [0.05, 0.1) is 10.4 Å². The molecule has 0 aliphatic heterocycles. The molecule has 0 aliphatic rings. The van der Waals surface area contributed by atoms with Crippen LogP contribution in [0.25, 0.3) is 12.7 Å². The minimum absolute atomic E-state index is 0.782. The average molecular weight is 234 g/mol. The molecule has 1 heterocycles. The van der Waals surface area contributed by atoms with Gasteiger partial charge in [0, 0.05) is 5.22 Å². The summed E-state index contributed by atoms with van der Waals surface area (Å²) in [5.74, 6) is 0.879. The largest absolute Gasteiger partial charge is 0.335 e. The number of hydrogen-bond acceptors (Lipinski definition) is 3. The molecule has 0 fully saturated rings. The standard InChI is InChI=1S/C13H18N2S/c1-5-7-12(16-4)15-13-11(6-2)9-8-10(3)14-13/h6-9H,3,5H2,1-2,4H3,(H,14,15)/b11-6-,12-7-. The Labute approximate surface area is 101 Å². The predicted octanol–water partition coefficient (Wildman–Crippen LogP) is 2.32. The van der Waals surface area contributed by atoms with Crippen LogP contribution in [0.3, 0.4) is 0 Å². The molecule has 0 aromatic carbocycles. The van der Waals surface area contributed by atoms with E-state index < -0.39 is 0 Å². The second-order valence-electron chi connectivity index (χ2n) is 3.33. The molecule has 0 bridgehead atoms. The second kappa shape index (κ2) is 6.38. The van der Waals surface area contributed by atoms with Crippen molar-refractivity contribution in [2.24, 2.45) is 0 Å². The van der Waals surface area contributed by atoms with Crippen LogP contribution >= 0.6 is 11.8 Å². The van der Waals surface area contributed by atoms with Gasteiger partial charge in [0.25, 0.3) is 0 Å². The molecule has 0 saturated carbocycles. The van der Waals surface area contributed by atoms with Crippen molar-refractivity contribution in [2.45, 2.75) is 20.3 Å². The number of thioether (sulfide) groups is 1. The Kier molecular flexibility index (Phi) is 5.12. The first-order valence-corrected chi connectivity index (χ1v) is 6.57. The van der Waals surface area contributed by atoms with E-state index in [1.54, 1.807) is 11.8 Å². The topological polar surface area (TPSA) is 24.9 Å². The van der Waals surface area contributed by atoms with Gasteiger partial charge in [0.1, 0.15) is 5.82 Å². The summed E-state index contributed by atoms with van der Waals surface area (Å²) < 4.78 is 0. The zero-order chi connectivity index (χ0) is 12.0. The van der Waals surface area contributed by atoms with Gasteiger partial charge < -0.3 is 5.32 Å². The van der Waals surface area contributed by atoms with Crippen molar-refractivity contribution >= 4 is 30.2 Å². The lowest BCUT2D eigenvalue weighted by atomic mass is 10.3. The number of rotatable bonds is 4. The lowest BCUT2D eigenvalue weighted by Crippen LogP contribution is -2.18. The van der Waals surface area contributed by atoms with Crippen LogP contribution in [0.1, 0.15) is 20.3 Å². The fourth-order valence-electron chi connectivity index (χ4n) is 1.33. The smallest absolute Gasteiger partial charge is 0.138 e. The van der Waals surface area contributed by atoms with E-state index in [-0.39, 0.29) is 0 Å². The first-order valence-electron chi connectivity index (χ1n) is 5.34. The highest BCUT2D eigenvalue weighted by atomic mass is 32.2.